The summed E-state index contributed by atoms with van der Waals surface area (Å²) >= 11 is 23.8. The molecule has 1 aromatic heterocycles. The molecule has 2 aromatic carbocycles. The molecule has 3 rings (SSSR count). The largest absolute Gasteiger partial charge is 0.477 e. The lowest BCUT2D eigenvalue weighted by Crippen LogP contribution is -2.24. The number of nitro groups is 1. The summed E-state index contributed by atoms with van der Waals surface area (Å²) in [6, 6.07) is 10.2. The van der Waals surface area contributed by atoms with Crippen molar-refractivity contribution in [2.24, 2.45) is 5.10 Å². The number of hydrazone groups is 1. The Morgan fingerprint density at radius 1 is 1.10 bits per heavy atom. The molecule has 31 heavy (non-hydrogen) atoms. The van der Waals surface area contributed by atoms with Crippen molar-refractivity contribution in [3.63, 3.8) is 0 Å². The molecule has 160 valence electrons. The maximum atomic E-state index is 11.9. The first kappa shape index (κ1) is 22.9. The second kappa shape index (κ2) is 10.0. The van der Waals surface area contributed by atoms with E-state index in [-0.39, 0.29) is 16.5 Å². The van der Waals surface area contributed by atoms with Gasteiger partial charge in [-0.15, -0.1) is 0 Å². The highest BCUT2D eigenvalue weighted by molar-refractivity contribution is 6.44. The van der Waals surface area contributed by atoms with Crippen LogP contribution >= 0.6 is 46.4 Å². The second-order valence-electron chi connectivity index (χ2n) is 5.90. The summed E-state index contributed by atoms with van der Waals surface area (Å²) < 4.78 is 10.8. The van der Waals surface area contributed by atoms with Crippen molar-refractivity contribution < 1.29 is 18.9 Å². The minimum atomic E-state index is -0.661. The monoisotopic (exact) mass is 501 g/mol. The van der Waals surface area contributed by atoms with Gasteiger partial charge in [-0.25, -0.2) is 5.43 Å². The highest BCUT2D eigenvalue weighted by atomic mass is 35.5. The molecule has 1 amide bonds. The number of hydrogen-bond donors (Lipinski definition) is 1. The van der Waals surface area contributed by atoms with Gasteiger partial charge in [-0.05, 0) is 36.4 Å². The van der Waals surface area contributed by atoms with Crippen LogP contribution in [-0.4, -0.2) is 23.7 Å². The molecule has 1 N–H and O–H groups in total. The summed E-state index contributed by atoms with van der Waals surface area (Å²) in [4.78, 5) is 22.2. The zero-order valence-electron chi connectivity index (χ0n) is 15.3. The zero-order valence-corrected chi connectivity index (χ0v) is 18.3. The minimum Gasteiger partial charge on any atom is -0.477 e. The summed E-state index contributed by atoms with van der Waals surface area (Å²) in [5, 5.41) is 15.9. The molecule has 0 radical (unpaired) electrons. The molecule has 0 saturated carbocycles. The van der Waals surface area contributed by atoms with Crippen molar-refractivity contribution in [3.05, 3.63) is 78.4 Å². The summed E-state index contributed by atoms with van der Waals surface area (Å²) in [6.07, 6.45) is 1.26. The number of carbonyl (C=O) groups excluding carboxylic acids is 1. The predicted molar refractivity (Wildman–Crippen MR) is 119 cm³/mol. The third kappa shape index (κ3) is 5.89. The highest BCUT2D eigenvalue weighted by Crippen LogP contribution is 2.35. The third-order valence-electron chi connectivity index (χ3n) is 3.76. The lowest BCUT2D eigenvalue weighted by Gasteiger charge is -2.05. The molecular formula is C19H11Cl4N3O5. The number of hydrogen-bond acceptors (Lipinski definition) is 6. The first-order chi connectivity index (χ1) is 14.7. The highest BCUT2D eigenvalue weighted by Gasteiger charge is 2.17. The van der Waals surface area contributed by atoms with E-state index in [4.69, 9.17) is 55.6 Å². The Bertz CT molecular complexity index is 1180. The minimum absolute atomic E-state index is 0.0947. The summed E-state index contributed by atoms with van der Waals surface area (Å²) in [6.45, 7) is -0.498. The number of nitro benzene ring substituents is 1. The molecule has 0 fully saturated rings. The lowest BCUT2D eigenvalue weighted by atomic mass is 10.2. The number of amides is 1. The van der Waals surface area contributed by atoms with Gasteiger partial charge in [0.15, 0.2) is 12.4 Å². The quantitative estimate of drug-likeness (QED) is 0.184. The second-order valence-corrected chi connectivity index (χ2v) is 7.56. The number of carbonyl (C=O) groups is 1. The number of halogens is 4. The summed E-state index contributed by atoms with van der Waals surface area (Å²) in [5.41, 5.74) is 2.41. The Morgan fingerprint density at radius 3 is 2.58 bits per heavy atom. The van der Waals surface area contributed by atoms with Gasteiger partial charge in [0.1, 0.15) is 11.5 Å². The number of rotatable bonds is 7. The van der Waals surface area contributed by atoms with E-state index in [0.717, 1.165) is 6.07 Å². The SMILES string of the molecule is O=C(COc1ccc(Cl)cc1[N+](=O)[O-])NN=Cc1ccc(-c2cc(Cl)c(Cl)cc2Cl)o1. The smallest absolute Gasteiger partial charge is 0.312 e. The predicted octanol–water partition coefficient (Wildman–Crippen LogP) is 6.00. The molecule has 1 heterocycles. The molecule has 0 unspecified atom stereocenters. The van der Waals surface area contributed by atoms with E-state index in [1.165, 1.54) is 24.4 Å². The van der Waals surface area contributed by atoms with E-state index in [0.29, 0.717) is 32.2 Å². The lowest BCUT2D eigenvalue weighted by molar-refractivity contribution is -0.385. The van der Waals surface area contributed by atoms with E-state index in [2.05, 4.69) is 10.5 Å². The molecule has 0 aliphatic rings. The molecule has 0 atom stereocenters. The van der Waals surface area contributed by atoms with Gasteiger partial charge >= 0.3 is 5.69 Å². The van der Waals surface area contributed by atoms with Gasteiger partial charge in [0.2, 0.25) is 0 Å². The van der Waals surface area contributed by atoms with Crippen LogP contribution in [0.2, 0.25) is 20.1 Å². The van der Waals surface area contributed by atoms with Crippen LogP contribution in [0, 0.1) is 10.1 Å². The fourth-order valence-electron chi connectivity index (χ4n) is 2.38. The molecule has 8 nitrogen and oxygen atoms in total. The van der Waals surface area contributed by atoms with Crippen molar-refractivity contribution in [2.75, 3.05) is 6.61 Å². The Hall–Kier alpha value is -2.78. The molecule has 0 saturated heterocycles. The Kier molecular flexibility index (Phi) is 7.40. The van der Waals surface area contributed by atoms with Crippen LogP contribution in [0.3, 0.4) is 0 Å². The summed E-state index contributed by atoms with van der Waals surface area (Å²) in [5.74, 6) is 0.0175. The van der Waals surface area contributed by atoms with Crippen molar-refractivity contribution in [1.82, 2.24) is 5.43 Å². The maximum Gasteiger partial charge on any atom is 0.312 e. The van der Waals surface area contributed by atoms with E-state index in [1.54, 1.807) is 18.2 Å². The van der Waals surface area contributed by atoms with Crippen LogP contribution in [0.15, 0.2) is 52.0 Å². The molecule has 12 heteroatoms. The normalized spacial score (nSPS) is 11.0. The fraction of sp³-hybridized carbons (Fsp3) is 0.0526. The number of nitrogens with zero attached hydrogens (tertiary/aromatic N) is 2. The van der Waals surface area contributed by atoms with Crippen LogP contribution < -0.4 is 10.2 Å². The number of nitrogens with one attached hydrogen (secondary N) is 1. The van der Waals surface area contributed by atoms with E-state index in [1.807, 2.05) is 0 Å². The molecule has 3 aromatic rings. The first-order valence-corrected chi connectivity index (χ1v) is 9.89. The number of benzene rings is 2. The van der Waals surface area contributed by atoms with Crippen LogP contribution in [0.1, 0.15) is 5.76 Å². The number of ether oxygens (including phenoxy) is 1. The third-order valence-corrected chi connectivity index (χ3v) is 5.03. The van der Waals surface area contributed by atoms with Crippen LogP contribution in [0.4, 0.5) is 5.69 Å². The topological polar surface area (TPSA) is 107 Å². The van der Waals surface area contributed by atoms with Crippen molar-refractivity contribution >= 4 is 64.2 Å². The maximum absolute atomic E-state index is 11.9. The average molecular weight is 503 g/mol. The van der Waals surface area contributed by atoms with Crippen molar-refractivity contribution in [1.29, 1.82) is 0 Å². The summed E-state index contributed by atoms with van der Waals surface area (Å²) in [7, 11) is 0. The Labute approximate surface area is 195 Å². The van der Waals surface area contributed by atoms with Gasteiger partial charge in [-0.1, -0.05) is 46.4 Å². The van der Waals surface area contributed by atoms with Crippen molar-refractivity contribution in [2.45, 2.75) is 0 Å². The molecule has 0 spiro atoms. The van der Waals surface area contributed by atoms with Gasteiger partial charge in [-0.2, -0.15) is 5.10 Å². The molecule has 0 aliphatic carbocycles. The zero-order chi connectivity index (χ0) is 22.5. The Morgan fingerprint density at radius 2 is 1.84 bits per heavy atom. The van der Waals surface area contributed by atoms with E-state index < -0.39 is 17.4 Å². The standard InChI is InChI=1S/C19H11Cl4N3O5/c20-10-1-3-18(16(5-10)26(28)29)30-9-19(27)25-24-8-11-2-4-17(31-11)12-6-14(22)15(23)7-13(12)21/h1-8H,9H2,(H,25,27). The molecule has 0 bridgehead atoms. The van der Waals surface area contributed by atoms with E-state index >= 15 is 0 Å². The van der Waals surface area contributed by atoms with Crippen LogP contribution in [-0.2, 0) is 4.79 Å². The van der Waals surface area contributed by atoms with Gasteiger partial charge < -0.3 is 9.15 Å². The van der Waals surface area contributed by atoms with Gasteiger partial charge in [-0.3, -0.25) is 14.9 Å². The van der Waals surface area contributed by atoms with E-state index in [9.17, 15) is 14.9 Å². The van der Waals surface area contributed by atoms with Crippen molar-refractivity contribution in [3.8, 4) is 17.1 Å². The molecule has 0 aliphatic heterocycles. The number of furan rings is 1. The molecular weight excluding hydrogens is 492 g/mol. The van der Waals surface area contributed by atoms with Gasteiger partial charge in [0, 0.05) is 16.7 Å². The first-order valence-electron chi connectivity index (χ1n) is 8.38. The average Bonchev–Trinajstić information content (AvgIpc) is 3.18. The van der Waals surface area contributed by atoms with Crippen LogP contribution in [0.25, 0.3) is 11.3 Å². The fourth-order valence-corrected chi connectivity index (χ4v) is 3.18. The van der Waals surface area contributed by atoms with Gasteiger partial charge in [0.25, 0.3) is 5.91 Å². The van der Waals surface area contributed by atoms with Crippen LogP contribution in [0.5, 0.6) is 5.75 Å². The van der Waals surface area contributed by atoms with Gasteiger partial charge in [0.05, 0.1) is 26.2 Å². The Balaban J connectivity index is 1.59.